The predicted octanol–water partition coefficient (Wildman–Crippen LogP) is 17.9. The van der Waals surface area contributed by atoms with Crippen molar-refractivity contribution in [3.8, 4) is 44.5 Å². The summed E-state index contributed by atoms with van der Waals surface area (Å²) in [6.45, 7) is 0. The van der Waals surface area contributed by atoms with Gasteiger partial charge in [0.25, 0.3) is 0 Å². The van der Waals surface area contributed by atoms with Crippen LogP contribution in [0.1, 0.15) is 34.2 Å². The minimum absolute atomic E-state index is 0.0320. The van der Waals surface area contributed by atoms with E-state index in [1.807, 2.05) is 0 Å². The van der Waals surface area contributed by atoms with Crippen LogP contribution >= 0.6 is 0 Å². The summed E-state index contributed by atoms with van der Waals surface area (Å²) < 4.78 is 0. The fourth-order valence-electron chi connectivity index (χ4n) is 11.9. The molecule has 0 heterocycles. The molecule has 11 aromatic carbocycles. The minimum Gasteiger partial charge on any atom is -0.333 e. The van der Waals surface area contributed by atoms with E-state index >= 15 is 0 Å². The van der Waals surface area contributed by atoms with Gasteiger partial charge in [-0.1, -0.05) is 255 Å². The largest absolute Gasteiger partial charge is 0.333 e. The molecule has 0 saturated heterocycles. The van der Waals surface area contributed by atoms with Gasteiger partial charge in [-0.3, -0.25) is 0 Å². The van der Waals surface area contributed by atoms with Crippen molar-refractivity contribution in [1.82, 2.24) is 0 Å². The molecular formula is C69H49N. The van der Waals surface area contributed by atoms with E-state index in [0.717, 1.165) is 17.8 Å². The number of nitrogens with zero attached hydrogens (tertiary/aromatic N) is 1. The van der Waals surface area contributed by atoms with Gasteiger partial charge in [0.05, 0.1) is 11.5 Å². The molecule has 1 atom stereocenters. The Hall–Kier alpha value is -8.78. The number of rotatable bonds is 9. The monoisotopic (exact) mass is 891 g/mol. The number of anilines is 2. The van der Waals surface area contributed by atoms with Crippen LogP contribution in [0.2, 0.25) is 0 Å². The first-order valence-corrected chi connectivity index (χ1v) is 24.5. The van der Waals surface area contributed by atoms with Gasteiger partial charge in [0.15, 0.2) is 0 Å². The summed E-state index contributed by atoms with van der Waals surface area (Å²) in [5.74, 6) is 0. The summed E-state index contributed by atoms with van der Waals surface area (Å²) in [6, 6.07) is 96.7. The van der Waals surface area contributed by atoms with Crippen molar-refractivity contribution < 1.29 is 0 Å². The Bertz CT molecular complexity index is 3740. The molecule has 1 nitrogen and oxygen atoms in total. The zero-order chi connectivity index (χ0) is 46.4. The van der Waals surface area contributed by atoms with Crippen LogP contribution in [0, 0.1) is 0 Å². The summed E-state index contributed by atoms with van der Waals surface area (Å²) >= 11 is 0. The van der Waals surface area contributed by atoms with Crippen LogP contribution in [0.15, 0.2) is 279 Å². The lowest BCUT2D eigenvalue weighted by Gasteiger charge is -2.38. The fraction of sp³-hybridized carbons (Fsp3) is 0.0435. The van der Waals surface area contributed by atoms with E-state index in [1.165, 1.54) is 99.4 Å². The third-order valence-corrected chi connectivity index (χ3v) is 14.9. The van der Waals surface area contributed by atoms with Gasteiger partial charge in [-0.15, -0.1) is 0 Å². The molecule has 13 rings (SSSR count). The number of fused-ring (bicyclic) bond motifs is 5. The first-order valence-electron chi connectivity index (χ1n) is 24.5. The van der Waals surface area contributed by atoms with Crippen molar-refractivity contribution in [2.24, 2.45) is 0 Å². The summed E-state index contributed by atoms with van der Waals surface area (Å²) in [7, 11) is 0. The van der Waals surface area contributed by atoms with E-state index in [9.17, 15) is 0 Å². The van der Waals surface area contributed by atoms with Crippen LogP contribution in [0.4, 0.5) is 11.4 Å². The number of hydrogen-bond donors (Lipinski definition) is 0. The van der Waals surface area contributed by atoms with Crippen LogP contribution in [0.3, 0.4) is 0 Å². The molecule has 0 aliphatic heterocycles. The summed E-state index contributed by atoms with van der Waals surface area (Å²) in [5, 5.41) is 5.01. The third-order valence-electron chi connectivity index (χ3n) is 14.9. The second-order valence-electron chi connectivity index (χ2n) is 18.6. The zero-order valence-electron chi connectivity index (χ0n) is 38.8. The maximum absolute atomic E-state index is 2.63. The van der Waals surface area contributed by atoms with Crippen molar-refractivity contribution >= 4 is 38.5 Å². The molecule has 70 heavy (non-hydrogen) atoms. The zero-order valence-corrected chi connectivity index (χ0v) is 38.8. The highest BCUT2D eigenvalue weighted by Crippen LogP contribution is 2.57. The first kappa shape index (κ1) is 41.4. The molecule has 0 radical (unpaired) electrons. The Morgan fingerprint density at radius 2 is 0.914 bits per heavy atom. The van der Waals surface area contributed by atoms with Crippen LogP contribution in [-0.4, -0.2) is 6.04 Å². The second kappa shape index (κ2) is 17.4. The van der Waals surface area contributed by atoms with E-state index in [-0.39, 0.29) is 6.04 Å². The molecule has 1 unspecified atom stereocenters. The molecule has 2 aliphatic rings. The van der Waals surface area contributed by atoms with E-state index < -0.39 is 5.41 Å². The average molecular weight is 892 g/mol. The van der Waals surface area contributed by atoms with Crippen LogP contribution in [-0.2, 0) is 5.41 Å². The Labute approximate surface area is 410 Å². The number of benzene rings is 11. The maximum atomic E-state index is 2.63. The van der Waals surface area contributed by atoms with Gasteiger partial charge in [-0.2, -0.15) is 0 Å². The lowest BCUT2D eigenvalue weighted by molar-refractivity contribution is 0.768. The van der Waals surface area contributed by atoms with E-state index in [2.05, 4.69) is 284 Å². The quantitative estimate of drug-likeness (QED) is 0.140. The topological polar surface area (TPSA) is 3.24 Å². The normalized spacial score (nSPS) is 14.5. The van der Waals surface area contributed by atoms with E-state index in [4.69, 9.17) is 0 Å². The van der Waals surface area contributed by atoms with E-state index in [0.29, 0.717) is 0 Å². The van der Waals surface area contributed by atoms with E-state index in [1.54, 1.807) is 0 Å². The molecule has 0 bridgehead atoms. The molecule has 1 heteroatoms. The van der Waals surface area contributed by atoms with Gasteiger partial charge in [-0.25, -0.2) is 0 Å². The van der Waals surface area contributed by atoms with Crippen LogP contribution in [0.25, 0.3) is 71.6 Å². The lowest BCUT2D eigenvalue weighted by Crippen LogP contribution is -2.33. The number of allylic oxidation sites excluding steroid dienone is 2. The van der Waals surface area contributed by atoms with Gasteiger partial charge in [0.1, 0.15) is 0 Å². The highest BCUT2D eigenvalue weighted by Gasteiger charge is 2.46. The van der Waals surface area contributed by atoms with Gasteiger partial charge in [0.2, 0.25) is 0 Å². The molecule has 0 aromatic heterocycles. The smallest absolute Gasteiger partial charge is 0.0713 e. The summed E-state index contributed by atoms with van der Waals surface area (Å²) in [6.07, 6.45) is 7.80. The third kappa shape index (κ3) is 6.77. The molecule has 2 aliphatic carbocycles. The van der Waals surface area contributed by atoms with Crippen molar-refractivity contribution in [1.29, 1.82) is 0 Å². The highest BCUT2D eigenvalue weighted by atomic mass is 15.2. The standard InChI is InChI=1S/C69H49N/c1-4-21-49(22-5-1)59-36-19-25-51-26-20-37-63(68(51)59)62-34-14-17-40-67(62)70(55-44-41-50(42-45-55)57-35-18-24-48-23-10-11-31-56(48)57)66-39-16-13-32-58(66)52-43-46-61-60-33-12-15-38-64(60)69(65(61)47-52,53-27-6-2-7-28-53)54-29-8-3-9-30-54/h1-39,41-47,67H,40H2. The first-order chi connectivity index (χ1) is 34.8. The Morgan fingerprint density at radius 3 is 1.67 bits per heavy atom. The molecule has 11 aromatic rings. The minimum atomic E-state index is -0.509. The Balaban J connectivity index is 1.02. The average Bonchev–Trinajstić information content (AvgIpc) is 3.74. The van der Waals surface area contributed by atoms with Crippen molar-refractivity contribution in [3.63, 3.8) is 0 Å². The highest BCUT2D eigenvalue weighted by molar-refractivity contribution is 6.06. The van der Waals surface area contributed by atoms with Crippen LogP contribution in [0.5, 0.6) is 0 Å². The number of hydrogen-bond acceptors (Lipinski definition) is 1. The van der Waals surface area contributed by atoms with Gasteiger partial charge >= 0.3 is 0 Å². The summed E-state index contributed by atoms with van der Waals surface area (Å²) in [4.78, 5) is 2.63. The van der Waals surface area contributed by atoms with Crippen molar-refractivity contribution in [2.75, 3.05) is 4.90 Å². The maximum Gasteiger partial charge on any atom is 0.0713 e. The van der Waals surface area contributed by atoms with Crippen LogP contribution < -0.4 is 4.90 Å². The van der Waals surface area contributed by atoms with Crippen molar-refractivity contribution in [3.05, 3.63) is 307 Å². The molecule has 0 fully saturated rings. The molecule has 0 spiro atoms. The Morgan fingerprint density at radius 1 is 0.371 bits per heavy atom. The fourth-order valence-corrected chi connectivity index (χ4v) is 11.9. The lowest BCUT2D eigenvalue weighted by atomic mass is 9.67. The van der Waals surface area contributed by atoms with Gasteiger partial charge in [-0.05, 0) is 125 Å². The molecule has 0 amide bonds. The molecule has 330 valence electrons. The van der Waals surface area contributed by atoms with Gasteiger partial charge < -0.3 is 4.90 Å². The molecule has 0 N–H and O–H groups in total. The van der Waals surface area contributed by atoms with Gasteiger partial charge in [0, 0.05) is 16.9 Å². The van der Waals surface area contributed by atoms with Crippen molar-refractivity contribution in [2.45, 2.75) is 17.9 Å². The molecule has 0 saturated carbocycles. The number of para-hydroxylation sites is 1. The Kier molecular flexibility index (Phi) is 10.3. The SMILES string of the molecule is C1=CCC(N(c2ccc(-c3cccc4ccccc34)cc2)c2ccccc2-c2ccc3c(c2)C(c2ccccc2)(c2ccccc2)c2ccccc2-3)C(c2cccc3cccc(-c4ccccc4)c23)=C1. The summed E-state index contributed by atoms with van der Waals surface area (Å²) in [5.41, 5.74) is 19.3. The molecular weight excluding hydrogens is 843 g/mol. The second-order valence-corrected chi connectivity index (χ2v) is 18.6. The predicted molar refractivity (Wildman–Crippen MR) is 296 cm³/mol.